The number of Topliss-reactive ketones (excluding diaryl/α,β-unsaturated/α-hetero) is 1. The van der Waals surface area contributed by atoms with E-state index in [9.17, 15) is 18.0 Å². The van der Waals surface area contributed by atoms with Gasteiger partial charge in [-0.25, -0.2) is 13.2 Å². The van der Waals surface area contributed by atoms with Gasteiger partial charge in [0.15, 0.2) is 15.6 Å². The number of carbonyl (C=O) groups excluding carboxylic acids is 2. The lowest BCUT2D eigenvalue weighted by Gasteiger charge is -2.42. The van der Waals surface area contributed by atoms with E-state index in [-0.39, 0.29) is 17.9 Å². The summed E-state index contributed by atoms with van der Waals surface area (Å²) in [5.41, 5.74) is 0.496. The molecule has 0 amide bonds. The summed E-state index contributed by atoms with van der Waals surface area (Å²) in [4.78, 5) is 23.7. The van der Waals surface area contributed by atoms with Gasteiger partial charge in [-0.05, 0) is 12.5 Å². The maximum absolute atomic E-state index is 12.0. The SMILES string of the molecule is C=CCOC(=O)C1=C(C)CS(=O)(=O)[C@H]2C1C(=O)[C@@H]2Cl. The van der Waals surface area contributed by atoms with E-state index < -0.39 is 38.1 Å². The largest absolute Gasteiger partial charge is 0.458 e. The molecule has 3 atom stereocenters. The van der Waals surface area contributed by atoms with Crippen molar-refractivity contribution in [2.45, 2.75) is 17.6 Å². The molecule has 104 valence electrons. The molecular weight excluding hydrogens is 292 g/mol. The summed E-state index contributed by atoms with van der Waals surface area (Å²) in [6, 6.07) is 0. The number of hydrogen-bond donors (Lipinski definition) is 0. The highest BCUT2D eigenvalue weighted by Gasteiger charge is 2.60. The molecule has 1 aliphatic heterocycles. The number of halogens is 1. The van der Waals surface area contributed by atoms with Crippen molar-refractivity contribution in [3.8, 4) is 0 Å². The summed E-state index contributed by atoms with van der Waals surface area (Å²) in [6.07, 6.45) is 1.40. The summed E-state index contributed by atoms with van der Waals surface area (Å²) >= 11 is 5.76. The first kappa shape index (κ1) is 14.3. The fourth-order valence-electron chi connectivity index (χ4n) is 2.50. The summed E-state index contributed by atoms with van der Waals surface area (Å²) in [5.74, 6) is -2.33. The molecule has 1 fully saturated rings. The van der Waals surface area contributed by atoms with Crippen LogP contribution in [0.4, 0.5) is 0 Å². The lowest BCUT2D eigenvalue weighted by atomic mass is 9.75. The highest BCUT2D eigenvalue weighted by molar-refractivity contribution is 7.92. The van der Waals surface area contributed by atoms with E-state index in [0.717, 1.165) is 0 Å². The van der Waals surface area contributed by atoms with E-state index >= 15 is 0 Å². The topological polar surface area (TPSA) is 77.5 Å². The Morgan fingerprint density at radius 2 is 2.21 bits per heavy atom. The number of sulfone groups is 1. The number of carbonyl (C=O) groups is 2. The average Bonchev–Trinajstić information content (AvgIpc) is 2.33. The van der Waals surface area contributed by atoms with Crippen LogP contribution in [0.25, 0.3) is 0 Å². The number of fused-ring (bicyclic) bond motifs is 1. The second-order valence-electron chi connectivity index (χ2n) is 4.63. The van der Waals surface area contributed by atoms with Gasteiger partial charge in [-0.3, -0.25) is 4.79 Å². The first-order valence-corrected chi connectivity index (χ1v) is 7.83. The first-order chi connectivity index (χ1) is 8.81. The van der Waals surface area contributed by atoms with Crippen LogP contribution in [0, 0.1) is 5.92 Å². The van der Waals surface area contributed by atoms with Gasteiger partial charge >= 0.3 is 5.97 Å². The van der Waals surface area contributed by atoms with Crippen LogP contribution in [-0.4, -0.2) is 43.2 Å². The Balaban J connectivity index is 2.40. The molecule has 19 heavy (non-hydrogen) atoms. The standard InChI is InChI=1S/C12H13ClO5S/c1-3-4-18-12(15)7-6(2)5-19(16,17)11-8(7)10(14)9(11)13/h3,8-9,11H,1,4-5H2,2H3/t8?,9-,11-/m0/s1. The van der Waals surface area contributed by atoms with Gasteiger partial charge in [0.1, 0.15) is 12.0 Å². The Morgan fingerprint density at radius 3 is 2.79 bits per heavy atom. The monoisotopic (exact) mass is 304 g/mol. The molecule has 0 bridgehead atoms. The van der Waals surface area contributed by atoms with Crippen molar-refractivity contribution in [2.24, 2.45) is 5.92 Å². The highest BCUT2D eigenvalue weighted by atomic mass is 35.5. The van der Waals surface area contributed by atoms with E-state index in [2.05, 4.69) is 6.58 Å². The van der Waals surface area contributed by atoms with Gasteiger partial charge in [-0.1, -0.05) is 12.7 Å². The predicted octanol–water partition coefficient (Wildman–Crippen LogP) is 0.635. The van der Waals surface area contributed by atoms with Crippen LogP contribution >= 0.6 is 11.6 Å². The van der Waals surface area contributed by atoms with Gasteiger partial charge in [0.25, 0.3) is 0 Å². The van der Waals surface area contributed by atoms with Crippen LogP contribution < -0.4 is 0 Å². The molecule has 1 heterocycles. The fourth-order valence-corrected chi connectivity index (χ4v) is 5.38. The zero-order valence-electron chi connectivity index (χ0n) is 10.3. The molecule has 0 aromatic heterocycles. The molecule has 1 aliphatic carbocycles. The van der Waals surface area contributed by atoms with Gasteiger partial charge in [-0.2, -0.15) is 0 Å². The molecule has 1 saturated carbocycles. The maximum atomic E-state index is 12.0. The molecule has 0 aromatic carbocycles. The van der Waals surface area contributed by atoms with E-state index in [4.69, 9.17) is 16.3 Å². The zero-order valence-corrected chi connectivity index (χ0v) is 11.8. The van der Waals surface area contributed by atoms with Crippen molar-refractivity contribution < 1.29 is 22.7 Å². The Kier molecular flexibility index (Phi) is 3.57. The fraction of sp³-hybridized carbons (Fsp3) is 0.500. The summed E-state index contributed by atoms with van der Waals surface area (Å²) in [7, 11) is -3.48. The number of ether oxygens (including phenoxy) is 1. The average molecular weight is 305 g/mol. The number of ketones is 1. The van der Waals surface area contributed by atoms with Crippen LogP contribution in [-0.2, 0) is 24.2 Å². The maximum Gasteiger partial charge on any atom is 0.335 e. The van der Waals surface area contributed by atoms with Crippen LogP contribution in [0.15, 0.2) is 23.8 Å². The van der Waals surface area contributed by atoms with Gasteiger partial charge in [0, 0.05) is 5.57 Å². The van der Waals surface area contributed by atoms with Crippen molar-refractivity contribution in [2.75, 3.05) is 12.4 Å². The summed E-state index contributed by atoms with van der Waals surface area (Å²) in [6.45, 7) is 4.95. The first-order valence-electron chi connectivity index (χ1n) is 5.68. The Bertz CT molecular complexity index is 589. The van der Waals surface area contributed by atoms with Crippen molar-refractivity contribution in [1.29, 1.82) is 0 Å². The zero-order chi connectivity index (χ0) is 14.4. The highest BCUT2D eigenvalue weighted by Crippen LogP contribution is 2.44. The Labute approximate surface area is 116 Å². The number of rotatable bonds is 3. The molecule has 0 spiro atoms. The normalized spacial score (nSPS) is 32.3. The minimum Gasteiger partial charge on any atom is -0.458 e. The molecule has 2 rings (SSSR count). The number of hydrogen-bond acceptors (Lipinski definition) is 5. The Hall–Kier alpha value is -1.14. The third kappa shape index (κ3) is 2.12. The molecule has 0 N–H and O–H groups in total. The van der Waals surface area contributed by atoms with Crippen molar-refractivity contribution in [3.63, 3.8) is 0 Å². The smallest absolute Gasteiger partial charge is 0.335 e. The minimum atomic E-state index is -3.48. The minimum absolute atomic E-state index is 0.0121. The lowest BCUT2D eigenvalue weighted by Crippen LogP contribution is -2.61. The third-order valence-corrected chi connectivity index (χ3v) is 6.20. The van der Waals surface area contributed by atoms with Crippen LogP contribution in [0.1, 0.15) is 6.92 Å². The molecule has 0 saturated heterocycles. The Morgan fingerprint density at radius 1 is 1.58 bits per heavy atom. The number of esters is 1. The van der Waals surface area contributed by atoms with Gasteiger partial charge in [0.05, 0.1) is 16.9 Å². The third-order valence-electron chi connectivity index (χ3n) is 3.35. The molecule has 0 aromatic rings. The van der Waals surface area contributed by atoms with E-state index in [1.165, 1.54) is 13.0 Å². The second-order valence-corrected chi connectivity index (χ2v) is 7.26. The molecular formula is C12H13ClO5S. The van der Waals surface area contributed by atoms with Gasteiger partial charge < -0.3 is 4.74 Å². The summed E-state index contributed by atoms with van der Waals surface area (Å²) in [5, 5.41) is -2.07. The van der Waals surface area contributed by atoms with Crippen molar-refractivity contribution in [3.05, 3.63) is 23.8 Å². The van der Waals surface area contributed by atoms with Crippen molar-refractivity contribution in [1.82, 2.24) is 0 Å². The lowest BCUT2D eigenvalue weighted by molar-refractivity contribution is -0.141. The van der Waals surface area contributed by atoms with E-state index in [0.29, 0.717) is 5.57 Å². The van der Waals surface area contributed by atoms with E-state index in [1.807, 2.05) is 0 Å². The van der Waals surface area contributed by atoms with Crippen molar-refractivity contribution >= 4 is 33.2 Å². The van der Waals surface area contributed by atoms with E-state index in [1.54, 1.807) is 0 Å². The summed E-state index contributed by atoms with van der Waals surface area (Å²) < 4.78 is 28.8. The molecule has 2 aliphatic rings. The van der Waals surface area contributed by atoms with Crippen LogP contribution in [0.5, 0.6) is 0 Å². The molecule has 5 nitrogen and oxygen atoms in total. The predicted molar refractivity (Wildman–Crippen MR) is 69.6 cm³/mol. The molecule has 7 heteroatoms. The molecule has 1 unspecified atom stereocenters. The second kappa shape index (κ2) is 4.76. The molecule has 0 radical (unpaired) electrons. The quantitative estimate of drug-likeness (QED) is 0.434. The van der Waals surface area contributed by atoms with Crippen LogP contribution in [0.2, 0.25) is 0 Å². The van der Waals surface area contributed by atoms with Crippen LogP contribution in [0.3, 0.4) is 0 Å². The van der Waals surface area contributed by atoms with Gasteiger partial charge in [-0.15, -0.1) is 11.6 Å². The van der Waals surface area contributed by atoms with Gasteiger partial charge in [0.2, 0.25) is 0 Å². The number of alkyl halides is 1.